The second kappa shape index (κ2) is 12.7. The molecule has 1 heterocycles. The fraction of sp³-hybridized carbons (Fsp3) is 0.0952. The molecule has 5 heteroatoms. The number of aromatic nitrogens is 1. The highest BCUT2D eigenvalue weighted by Crippen LogP contribution is 2.37. The van der Waals surface area contributed by atoms with Crippen molar-refractivity contribution < 1.29 is 5.11 Å². The number of phenols is 1. The topological polar surface area (TPSA) is 84.8 Å². The summed E-state index contributed by atoms with van der Waals surface area (Å²) in [6, 6.07) is 42.8. The molecule has 0 spiro atoms. The molecule has 0 saturated carbocycles. The standard InChI is InChI=1S/C42H34N4O/c1-28-21-30(26-43)23-33(22-28)39(25-38(44)31-9-3-2-4-10-31)45-27-29-15-18-34(19-16-29)46-40-13-7-5-12-36(40)37-20-17-32(24-41(37)46)35-11-6-8-14-42(35)47/h2-20,22-25,28,44-45,47H,21,27H2,1H3/b39-25-,44-38?. The number of hydrogen-bond acceptors (Lipinski definition) is 4. The van der Waals surface area contributed by atoms with Crippen LogP contribution in [0.2, 0.25) is 0 Å². The maximum atomic E-state index is 10.6. The molecule has 5 nitrogen and oxygen atoms in total. The first-order valence-electron chi connectivity index (χ1n) is 15.8. The van der Waals surface area contributed by atoms with E-state index in [9.17, 15) is 10.4 Å². The quantitative estimate of drug-likeness (QED) is 0.150. The van der Waals surface area contributed by atoms with E-state index < -0.39 is 0 Å². The zero-order valence-corrected chi connectivity index (χ0v) is 26.1. The molecule has 1 atom stereocenters. The molecule has 0 saturated heterocycles. The van der Waals surface area contributed by atoms with Gasteiger partial charge in [-0.3, -0.25) is 0 Å². The second-order valence-electron chi connectivity index (χ2n) is 12.0. The Kier molecular flexibility index (Phi) is 8.00. The summed E-state index contributed by atoms with van der Waals surface area (Å²) >= 11 is 0. The molecule has 0 fully saturated rings. The van der Waals surface area contributed by atoms with Crippen molar-refractivity contribution in [1.82, 2.24) is 9.88 Å². The third-order valence-electron chi connectivity index (χ3n) is 8.73. The van der Waals surface area contributed by atoms with Crippen molar-refractivity contribution in [3.8, 4) is 28.6 Å². The van der Waals surface area contributed by atoms with Crippen LogP contribution >= 0.6 is 0 Å². The fourth-order valence-corrected chi connectivity index (χ4v) is 6.43. The molecular formula is C42H34N4O. The Balaban J connectivity index is 1.22. The third kappa shape index (κ3) is 5.97. The Hall–Kier alpha value is -6.12. The van der Waals surface area contributed by atoms with Gasteiger partial charge in [0.15, 0.2) is 0 Å². The number of benzene rings is 5. The first kappa shape index (κ1) is 29.6. The van der Waals surface area contributed by atoms with Gasteiger partial charge in [0, 0.05) is 39.8 Å². The average Bonchev–Trinajstić information content (AvgIpc) is 3.44. The minimum atomic E-state index is 0.234. The highest BCUT2D eigenvalue weighted by Gasteiger charge is 2.17. The molecule has 1 unspecified atom stereocenters. The summed E-state index contributed by atoms with van der Waals surface area (Å²) in [5.74, 6) is 0.495. The molecule has 6 aromatic rings. The summed E-state index contributed by atoms with van der Waals surface area (Å²) in [4.78, 5) is 0. The minimum Gasteiger partial charge on any atom is -0.507 e. The van der Waals surface area contributed by atoms with Crippen LogP contribution < -0.4 is 5.32 Å². The normalized spacial score (nSPS) is 14.8. The highest BCUT2D eigenvalue weighted by atomic mass is 16.3. The van der Waals surface area contributed by atoms with E-state index in [-0.39, 0.29) is 11.7 Å². The molecule has 0 radical (unpaired) electrons. The molecule has 0 bridgehead atoms. The average molecular weight is 611 g/mol. The fourth-order valence-electron chi connectivity index (χ4n) is 6.43. The zero-order valence-electron chi connectivity index (χ0n) is 26.1. The summed E-state index contributed by atoms with van der Waals surface area (Å²) in [7, 11) is 0. The van der Waals surface area contributed by atoms with Gasteiger partial charge in [-0.05, 0) is 77.1 Å². The van der Waals surface area contributed by atoms with Crippen molar-refractivity contribution in [2.24, 2.45) is 5.92 Å². The van der Waals surface area contributed by atoms with Crippen LogP contribution in [0.15, 0.2) is 156 Å². The predicted octanol–water partition coefficient (Wildman–Crippen LogP) is 9.61. The van der Waals surface area contributed by atoms with E-state index in [0.29, 0.717) is 12.3 Å². The van der Waals surface area contributed by atoms with E-state index in [1.54, 1.807) is 6.07 Å². The number of para-hydroxylation sites is 2. The molecule has 0 aliphatic heterocycles. The van der Waals surface area contributed by atoms with Gasteiger partial charge in [-0.2, -0.15) is 5.26 Å². The van der Waals surface area contributed by atoms with Crippen LogP contribution in [0.3, 0.4) is 0 Å². The molecule has 5 aromatic carbocycles. The van der Waals surface area contributed by atoms with Crippen LogP contribution in [-0.4, -0.2) is 15.4 Å². The summed E-state index contributed by atoms with van der Waals surface area (Å²) in [6.07, 6.45) is 6.69. The number of allylic oxidation sites excluding steroid dienone is 4. The van der Waals surface area contributed by atoms with E-state index in [2.05, 4.69) is 95.7 Å². The van der Waals surface area contributed by atoms with Gasteiger partial charge < -0.3 is 20.4 Å². The molecule has 228 valence electrons. The molecule has 1 aromatic heterocycles. The Morgan fingerprint density at radius 1 is 0.894 bits per heavy atom. The molecule has 47 heavy (non-hydrogen) atoms. The SMILES string of the molecule is CC1C=C(/C(=C/C(=N)c2ccccc2)NCc2ccc(-n3c4ccccc4c4ccc(-c5ccccc5O)cc43)cc2)C=C(C#N)C1. The van der Waals surface area contributed by atoms with Gasteiger partial charge in [0.25, 0.3) is 0 Å². The summed E-state index contributed by atoms with van der Waals surface area (Å²) in [6.45, 7) is 2.67. The van der Waals surface area contributed by atoms with Gasteiger partial charge >= 0.3 is 0 Å². The van der Waals surface area contributed by atoms with Gasteiger partial charge in [0.05, 0.1) is 22.8 Å². The maximum absolute atomic E-state index is 10.6. The van der Waals surface area contributed by atoms with E-state index in [0.717, 1.165) is 67.6 Å². The number of nitrogens with one attached hydrogen (secondary N) is 2. The molecule has 0 amide bonds. The molecule has 1 aliphatic carbocycles. The first-order valence-corrected chi connectivity index (χ1v) is 15.8. The molecule has 7 rings (SSSR count). The second-order valence-corrected chi connectivity index (χ2v) is 12.0. The number of nitriles is 1. The van der Waals surface area contributed by atoms with Gasteiger partial charge in [-0.25, -0.2) is 0 Å². The van der Waals surface area contributed by atoms with Crippen molar-refractivity contribution in [1.29, 1.82) is 10.7 Å². The number of aromatic hydroxyl groups is 1. The Labute approximate surface area is 274 Å². The number of rotatable bonds is 8. The predicted molar refractivity (Wildman–Crippen MR) is 192 cm³/mol. The first-order chi connectivity index (χ1) is 23.0. The van der Waals surface area contributed by atoms with Crippen LogP contribution in [-0.2, 0) is 6.54 Å². The summed E-state index contributed by atoms with van der Waals surface area (Å²) < 4.78 is 2.28. The molecule has 3 N–H and O–H groups in total. The van der Waals surface area contributed by atoms with Crippen LogP contribution in [0, 0.1) is 22.7 Å². The van der Waals surface area contributed by atoms with Crippen LogP contribution in [0.1, 0.15) is 24.5 Å². The lowest BCUT2D eigenvalue weighted by atomic mass is 9.90. The number of fused-ring (bicyclic) bond motifs is 3. The van der Waals surface area contributed by atoms with Crippen molar-refractivity contribution in [3.63, 3.8) is 0 Å². The van der Waals surface area contributed by atoms with Gasteiger partial charge in [-0.15, -0.1) is 0 Å². The number of nitrogens with zero attached hydrogens (tertiary/aromatic N) is 2. The van der Waals surface area contributed by atoms with E-state index in [1.165, 1.54) is 5.39 Å². The van der Waals surface area contributed by atoms with Gasteiger partial charge in [-0.1, -0.05) is 104 Å². The number of phenolic OH excluding ortho intramolecular Hbond substituents is 1. The van der Waals surface area contributed by atoms with E-state index >= 15 is 0 Å². The molecular weight excluding hydrogens is 576 g/mol. The van der Waals surface area contributed by atoms with E-state index in [1.807, 2.05) is 60.7 Å². The lowest BCUT2D eigenvalue weighted by Gasteiger charge is -2.19. The Morgan fingerprint density at radius 2 is 1.62 bits per heavy atom. The minimum absolute atomic E-state index is 0.234. The van der Waals surface area contributed by atoms with Crippen molar-refractivity contribution in [3.05, 3.63) is 168 Å². The van der Waals surface area contributed by atoms with E-state index in [4.69, 9.17) is 5.41 Å². The van der Waals surface area contributed by atoms with Gasteiger partial charge in [0.1, 0.15) is 5.75 Å². The monoisotopic (exact) mass is 610 g/mol. The van der Waals surface area contributed by atoms with Gasteiger partial charge in [0.2, 0.25) is 0 Å². The van der Waals surface area contributed by atoms with Crippen molar-refractivity contribution in [2.75, 3.05) is 0 Å². The lowest BCUT2D eigenvalue weighted by molar-refractivity contribution is 0.477. The largest absolute Gasteiger partial charge is 0.507 e. The lowest BCUT2D eigenvalue weighted by Crippen LogP contribution is -2.18. The van der Waals surface area contributed by atoms with Crippen LogP contribution in [0.4, 0.5) is 0 Å². The Bertz CT molecular complexity index is 2260. The smallest absolute Gasteiger partial charge is 0.123 e. The third-order valence-corrected chi connectivity index (χ3v) is 8.73. The van der Waals surface area contributed by atoms with Crippen molar-refractivity contribution in [2.45, 2.75) is 19.9 Å². The molecule has 1 aliphatic rings. The zero-order chi connectivity index (χ0) is 32.3. The number of hydrogen-bond donors (Lipinski definition) is 3. The van der Waals surface area contributed by atoms with Crippen molar-refractivity contribution >= 4 is 27.5 Å². The summed E-state index contributed by atoms with van der Waals surface area (Å²) in [5.41, 5.74) is 9.83. The highest BCUT2D eigenvalue weighted by molar-refractivity contribution is 6.10. The summed E-state index contributed by atoms with van der Waals surface area (Å²) in [5, 5.41) is 34.9. The Morgan fingerprint density at radius 3 is 2.40 bits per heavy atom. The van der Waals surface area contributed by atoms with Crippen LogP contribution in [0.5, 0.6) is 5.75 Å². The maximum Gasteiger partial charge on any atom is 0.123 e. The van der Waals surface area contributed by atoms with Crippen LogP contribution in [0.25, 0.3) is 38.6 Å².